The topological polar surface area (TPSA) is 85.8 Å². The summed E-state index contributed by atoms with van der Waals surface area (Å²) in [7, 11) is 0. The first-order valence-corrected chi connectivity index (χ1v) is 8.04. The number of aryl methyl sites for hydroxylation is 2. The molecule has 22 heavy (non-hydrogen) atoms. The third-order valence-corrected chi connectivity index (χ3v) is 4.08. The van der Waals surface area contributed by atoms with E-state index in [9.17, 15) is 4.79 Å². The number of hydrogen-bond acceptors (Lipinski definition) is 4. The number of fused-ring (bicyclic) bond motifs is 1. The largest absolute Gasteiger partial charge is 0.355 e. The Kier molecular flexibility index (Phi) is 7.82. The molecule has 0 aliphatic carbocycles. The van der Waals surface area contributed by atoms with Gasteiger partial charge in [0.1, 0.15) is 11.6 Å². The van der Waals surface area contributed by atoms with Gasteiger partial charge >= 0.3 is 0 Å². The monoisotopic (exact) mass is 329 g/mol. The predicted molar refractivity (Wildman–Crippen MR) is 89.0 cm³/mol. The second-order valence-corrected chi connectivity index (χ2v) is 6.16. The molecule has 0 aromatic carbocycles. The number of carbonyl (C=O) groups excluding carboxylic acids is 1. The van der Waals surface area contributed by atoms with Gasteiger partial charge in [-0.05, 0) is 25.2 Å². The zero-order chi connectivity index (χ0) is 15.2. The van der Waals surface area contributed by atoms with Crippen LogP contribution in [0.2, 0.25) is 0 Å². The van der Waals surface area contributed by atoms with Crippen LogP contribution in [0.4, 0.5) is 0 Å². The number of nitrogens with one attached hydrogen (secondary N) is 1. The first kappa shape index (κ1) is 18.9. The molecule has 6 nitrogen and oxygen atoms in total. The van der Waals surface area contributed by atoms with E-state index < -0.39 is 6.04 Å². The number of aromatic nitrogens is 3. The van der Waals surface area contributed by atoms with Crippen LogP contribution in [0.15, 0.2) is 0 Å². The van der Waals surface area contributed by atoms with E-state index in [2.05, 4.69) is 20.1 Å². The normalized spacial score (nSPS) is 15.6. The van der Waals surface area contributed by atoms with E-state index in [1.807, 2.05) is 13.8 Å². The first-order chi connectivity index (χ1) is 10.1. The number of hydrogen-bond donors (Lipinski definition) is 2. The van der Waals surface area contributed by atoms with E-state index in [-0.39, 0.29) is 24.2 Å². The number of nitrogens with two attached hydrogens (primary N) is 1. The van der Waals surface area contributed by atoms with Crippen molar-refractivity contribution >= 4 is 18.3 Å². The third-order valence-electron chi connectivity index (χ3n) is 4.08. The summed E-state index contributed by atoms with van der Waals surface area (Å²) >= 11 is 0. The summed E-state index contributed by atoms with van der Waals surface area (Å²) in [5, 5.41) is 11.5. The number of nitrogens with zero attached hydrogens (tertiary/aromatic N) is 3. The highest BCUT2D eigenvalue weighted by molar-refractivity contribution is 5.85. The van der Waals surface area contributed by atoms with Crippen LogP contribution in [-0.2, 0) is 24.2 Å². The fraction of sp³-hybridized carbons (Fsp3) is 0.800. The van der Waals surface area contributed by atoms with Crippen molar-refractivity contribution in [3.63, 3.8) is 0 Å². The minimum atomic E-state index is -0.422. The van der Waals surface area contributed by atoms with Gasteiger partial charge in [0.05, 0.1) is 6.04 Å². The zero-order valence-electron chi connectivity index (χ0n) is 13.5. The maximum atomic E-state index is 11.8. The van der Waals surface area contributed by atoms with E-state index in [0.717, 1.165) is 37.5 Å². The van der Waals surface area contributed by atoms with Crippen LogP contribution in [0.1, 0.15) is 51.2 Å². The highest BCUT2D eigenvalue weighted by Gasteiger charge is 2.17. The van der Waals surface area contributed by atoms with Crippen molar-refractivity contribution in [3.8, 4) is 0 Å². The Morgan fingerprint density at radius 2 is 2.09 bits per heavy atom. The average Bonchev–Trinajstić information content (AvgIpc) is 2.70. The summed E-state index contributed by atoms with van der Waals surface area (Å²) in [4.78, 5) is 11.8. The van der Waals surface area contributed by atoms with Gasteiger partial charge in [0, 0.05) is 25.9 Å². The van der Waals surface area contributed by atoms with Gasteiger partial charge in [0.25, 0.3) is 0 Å². The maximum Gasteiger partial charge on any atom is 0.237 e. The van der Waals surface area contributed by atoms with Crippen LogP contribution < -0.4 is 11.1 Å². The van der Waals surface area contributed by atoms with Crippen LogP contribution in [0.5, 0.6) is 0 Å². The van der Waals surface area contributed by atoms with Gasteiger partial charge in [-0.1, -0.05) is 20.3 Å². The van der Waals surface area contributed by atoms with Gasteiger partial charge < -0.3 is 15.6 Å². The van der Waals surface area contributed by atoms with Crippen molar-refractivity contribution < 1.29 is 4.79 Å². The molecule has 1 aromatic heterocycles. The number of carbonyl (C=O) groups is 1. The molecule has 2 heterocycles. The van der Waals surface area contributed by atoms with Gasteiger partial charge in [-0.25, -0.2) is 0 Å². The van der Waals surface area contributed by atoms with Crippen molar-refractivity contribution in [1.29, 1.82) is 0 Å². The number of rotatable bonds is 6. The molecule has 1 aliphatic heterocycles. The fourth-order valence-electron chi connectivity index (χ4n) is 2.61. The lowest BCUT2D eigenvalue weighted by Crippen LogP contribution is -2.44. The molecule has 7 heteroatoms. The molecule has 1 atom stereocenters. The van der Waals surface area contributed by atoms with Gasteiger partial charge in [-0.3, -0.25) is 4.79 Å². The van der Waals surface area contributed by atoms with E-state index in [4.69, 9.17) is 5.73 Å². The molecule has 3 N–H and O–H groups in total. The predicted octanol–water partition coefficient (Wildman–Crippen LogP) is 1.46. The van der Waals surface area contributed by atoms with Gasteiger partial charge in [0.15, 0.2) is 0 Å². The molecular formula is C15H28ClN5O. The Bertz CT molecular complexity index is 474. The molecule has 1 aliphatic rings. The maximum absolute atomic E-state index is 11.8. The summed E-state index contributed by atoms with van der Waals surface area (Å²) < 4.78 is 2.26. The SMILES string of the molecule is CC(C)[C@H](N)C(=O)NCCCc1nnc2n1CCCCC2.Cl. The summed E-state index contributed by atoms with van der Waals surface area (Å²) in [5.41, 5.74) is 5.81. The Labute approximate surface area is 138 Å². The summed E-state index contributed by atoms with van der Waals surface area (Å²) in [5.74, 6) is 2.27. The third kappa shape index (κ3) is 4.95. The molecule has 0 bridgehead atoms. The standard InChI is InChI=1S/C15H27N5O.ClH/c1-11(2)14(16)15(21)17-9-6-8-13-19-18-12-7-4-3-5-10-20(12)13;/h11,14H,3-10,16H2,1-2H3,(H,17,21);1H/t14-;/m0./s1. The van der Waals surface area contributed by atoms with Gasteiger partial charge in [0.2, 0.25) is 5.91 Å². The van der Waals surface area contributed by atoms with Gasteiger partial charge in [-0.2, -0.15) is 0 Å². The molecular weight excluding hydrogens is 302 g/mol. The van der Waals surface area contributed by atoms with Crippen LogP contribution in [0, 0.1) is 5.92 Å². The van der Waals surface area contributed by atoms with Crippen molar-refractivity contribution in [1.82, 2.24) is 20.1 Å². The molecule has 2 rings (SSSR count). The Morgan fingerprint density at radius 3 is 2.82 bits per heavy atom. The highest BCUT2D eigenvalue weighted by Crippen LogP contribution is 2.15. The fourth-order valence-corrected chi connectivity index (χ4v) is 2.61. The zero-order valence-corrected chi connectivity index (χ0v) is 14.4. The van der Waals surface area contributed by atoms with Crippen molar-refractivity contribution in [3.05, 3.63) is 11.6 Å². The van der Waals surface area contributed by atoms with Gasteiger partial charge in [-0.15, -0.1) is 22.6 Å². The Morgan fingerprint density at radius 1 is 1.32 bits per heavy atom. The lowest BCUT2D eigenvalue weighted by Gasteiger charge is -2.15. The average molecular weight is 330 g/mol. The summed E-state index contributed by atoms with van der Waals surface area (Å²) in [6, 6.07) is -0.422. The minimum absolute atomic E-state index is 0. The first-order valence-electron chi connectivity index (χ1n) is 8.04. The summed E-state index contributed by atoms with van der Waals surface area (Å²) in [6.07, 6.45) is 6.44. The molecule has 0 saturated carbocycles. The lowest BCUT2D eigenvalue weighted by molar-refractivity contribution is -0.123. The minimum Gasteiger partial charge on any atom is -0.355 e. The van der Waals surface area contributed by atoms with E-state index in [0.29, 0.717) is 6.54 Å². The van der Waals surface area contributed by atoms with E-state index in [1.54, 1.807) is 0 Å². The van der Waals surface area contributed by atoms with Crippen LogP contribution in [0.3, 0.4) is 0 Å². The number of amides is 1. The Balaban J connectivity index is 0.00000242. The van der Waals surface area contributed by atoms with Crippen molar-refractivity contribution in [2.75, 3.05) is 6.54 Å². The second-order valence-electron chi connectivity index (χ2n) is 6.16. The Hall–Kier alpha value is -1.14. The van der Waals surface area contributed by atoms with Crippen LogP contribution in [-0.4, -0.2) is 33.3 Å². The smallest absolute Gasteiger partial charge is 0.237 e. The van der Waals surface area contributed by atoms with E-state index >= 15 is 0 Å². The molecule has 1 aromatic rings. The lowest BCUT2D eigenvalue weighted by atomic mass is 10.1. The molecule has 0 radical (unpaired) electrons. The molecule has 1 amide bonds. The summed E-state index contributed by atoms with van der Waals surface area (Å²) in [6.45, 7) is 5.58. The second kappa shape index (κ2) is 9.10. The van der Waals surface area contributed by atoms with E-state index in [1.165, 1.54) is 19.3 Å². The quantitative estimate of drug-likeness (QED) is 0.774. The highest BCUT2D eigenvalue weighted by atomic mass is 35.5. The molecule has 0 spiro atoms. The van der Waals surface area contributed by atoms with Crippen molar-refractivity contribution in [2.45, 2.75) is 65.0 Å². The molecule has 0 fully saturated rings. The van der Waals surface area contributed by atoms with Crippen LogP contribution in [0.25, 0.3) is 0 Å². The molecule has 0 unspecified atom stereocenters. The van der Waals surface area contributed by atoms with Crippen LogP contribution >= 0.6 is 12.4 Å². The van der Waals surface area contributed by atoms with Crippen molar-refractivity contribution in [2.24, 2.45) is 11.7 Å². The molecule has 0 saturated heterocycles. The number of halogens is 1. The molecule has 126 valence electrons.